The summed E-state index contributed by atoms with van der Waals surface area (Å²) < 4.78 is 9.98. The standard InChI is InChI=1S/C12H13N3O3/c1-7-9(6-14-18-7)12(16)15-10-5-8(13)3-4-11(10)17-2/h3-6H,13H2,1-2H3,(H,15,16). The smallest absolute Gasteiger partial charge is 0.260 e. The van der Waals surface area contributed by atoms with Crippen molar-refractivity contribution in [2.24, 2.45) is 0 Å². The summed E-state index contributed by atoms with van der Waals surface area (Å²) in [5.74, 6) is 0.666. The lowest BCUT2D eigenvalue weighted by Gasteiger charge is -2.10. The van der Waals surface area contributed by atoms with Gasteiger partial charge in [-0.25, -0.2) is 0 Å². The predicted molar refractivity (Wildman–Crippen MR) is 66.6 cm³/mol. The van der Waals surface area contributed by atoms with Crippen molar-refractivity contribution >= 4 is 17.3 Å². The molecule has 0 unspecified atom stereocenters. The van der Waals surface area contributed by atoms with Crippen LogP contribution in [0.4, 0.5) is 11.4 Å². The second-order valence-corrected chi connectivity index (χ2v) is 3.71. The number of benzene rings is 1. The van der Waals surface area contributed by atoms with Gasteiger partial charge in [0.25, 0.3) is 5.91 Å². The molecule has 0 radical (unpaired) electrons. The number of rotatable bonds is 3. The van der Waals surface area contributed by atoms with Crippen molar-refractivity contribution in [2.45, 2.75) is 6.92 Å². The Morgan fingerprint density at radius 1 is 1.50 bits per heavy atom. The first-order chi connectivity index (χ1) is 8.61. The molecular formula is C12H13N3O3. The third-order valence-corrected chi connectivity index (χ3v) is 2.47. The van der Waals surface area contributed by atoms with E-state index in [1.807, 2.05) is 0 Å². The second-order valence-electron chi connectivity index (χ2n) is 3.71. The van der Waals surface area contributed by atoms with Crippen molar-refractivity contribution in [3.8, 4) is 5.75 Å². The lowest BCUT2D eigenvalue weighted by molar-refractivity contribution is 0.102. The third kappa shape index (κ3) is 2.27. The van der Waals surface area contributed by atoms with Gasteiger partial charge in [-0.15, -0.1) is 0 Å². The van der Waals surface area contributed by atoms with Gasteiger partial charge in [-0.05, 0) is 25.1 Å². The second kappa shape index (κ2) is 4.79. The van der Waals surface area contributed by atoms with Crippen LogP contribution in [0.3, 0.4) is 0 Å². The molecule has 0 spiro atoms. The zero-order valence-electron chi connectivity index (χ0n) is 10.1. The SMILES string of the molecule is COc1ccc(N)cc1NC(=O)c1cnoc1C. The summed E-state index contributed by atoms with van der Waals surface area (Å²) in [5.41, 5.74) is 7.08. The van der Waals surface area contributed by atoms with Gasteiger partial charge in [-0.2, -0.15) is 0 Å². The first-order valence-corrected chi connectivity index (χ1v) is 5.28. The maximum atomic E-state index is 12.0. The number of aromatic nitrogens is 1. The molecule has 0 saturated carbocycles. The summed E-state index contributed by atoms with van der Waals surface area (Å²) in [6.07, 6.45) is 1.36. The monoisotopic (exact) mass is 247 g/mol. The maximum absolute atomic E-state index is 12.0. The fraction of sp³-hybridized carbons (Fsp3) is 0.167. The number of ether oxygens (including phenoxy) is 1. The molecule has 2 aromatic rings. The number of nitrogen functional groups attached to an aromatic ring is 1. The topological polar surface area (TPSA) is 90.4 Å². The van der Waals surface area contributed by atoms with Crippen molar-refractivity contribution in [1.29, 1.82) is 0 Å². The number of amides is 1. The molecule has 1 aromatic carbocycles. The molecule has 2 rings (SSSR count). The number of anilines is 2. The van der Waals surface area contributed by atoms with Crippen LogP contribution in [0.5, 0.6) is 5.75 Å². The molecule has 0 atom stereocenters. The highest BCUT2D eigenvalue weighted by atomic mass is 16.5. The van der Waals surface area contributed by atoms with Gasteiger partial charge < -0.3 is 20.3 Å². The van der Waals surface area contributed by atoms with E-state index in [4.69, 9.17) is 15.0 Å². The van der Waals surface area contributed by atoms with E-state index in [2.05, 4.69) is 10.5 Å². The first-order valence-electron chi connectivity index (χ1n) is 5.28. The molecule has 1 heterocycles. The summed E-state index contributed by atoms with van der Waals surface area (Å²) in [6.45, 7) is 1.67. The molecule has 0 saturated heterocycles. The summed E-state index contributed by atoms with van der Waals surface area (Å²) in [7, 11) is 1.52. The maximum Gasteiger partial charge on any atom is 0.260 e. The van der Waals surface area contributed by atoms with Gasteiger partial charge >= 0.3 is 0 Å². The number of nitrogens with zero attached hydrogens (tertiary/aromatic N) is 1. The van der Waals surface area contributed by atoms with E-state index in [9.17, 15) is 4.79 Å². The molecule has 1 aromatic heterocycles. The molecule has 0 aliphatic rings. The van der Waals surface area contributed by atoms with Crippen LogP contribution in [0.25, 0.3) is 0 Å². The Bertz CT molecular complexity index is 578. The van der Waals surface area contributed by atoms with Crippen molar-refractivity contribution in [2.75, 3.05) is 18.2 Å². The van der Waals surface area contributed by atoms with Crippen LogP contribution in [-0.2, 0) is 0 Å². The average Bonchev–Trinajstić information content (AvgIpc) is 2.76. The number of aryl methyl sites for hydroxylation is 1. The number of nitrogens with two attached hydrogens (primary N) is 1. The Morgan fingerprint density at radius 2 is 2.28 bits per heavy atom. The molecule has 6 nitrogen and oxygen atoms in total. The molecule has 6 heteroatoms. The van der Waals surface area contributed by atoms with E-state index in [1.165, 1.54) is 13.3 Å². The van der Waals surface area contributed by atoms with E-state index >= 15 is 0 Å². The van der Waals surface area contributed by atoms with E-state index in [0.29, 0.717) is 28.4 Å². The number of nitrogens with one attached hydrogen (secondary N) is 1. The molecular weight excluding hydrogens is 234 g/mol. The van der Waals surface area contributed by atoms with E-state index in [0.717, 1.165) is 0 Å². The Hall–Kier alpha value is -2.50. The first kappa shape index (κ1) is 12.0. The minimum absolute atomic E-state index is 0.322. The molecule has 18 heavy (non-hydrogen) atoms. The number of hydrogen-bond acceptors (Lipinski definition) is 5. The Labute approximate surface area is 104 Å². The largest absolute Gasteiger partial charge is 0.495 e. The Balaban J connectivity index is 2.27. The average molecular weight is 247 g/mol. The quantitative estimate of drug-likeness (QED) is 0.807. The Morgan fingerprint density at radius 3 is 2.89 bits per heavy atom. The van der Waals surface area contributed by atoms with E-state index in [1.54, 1.807) is 25.1 Å². The summed E-state index contributed by atoms with van der Waals surface area (Å²) in [4.78, 5) is 12.0. The van der Waals surface area contributed by atoms with Crippen LogP contribution in [-0.4, -0.2) is 18.2 Å². The van der Waals surface area contributed by atoms with Crippen LogP contribution < -0.4 is 15.8 Å². The van der Waals surface area contributed by atoms with Gasteiger partial charge in [0, 0.05) is 5.69 Å². The Kier molecular flexibility index (Phi) is 3.18. The van der Waals surface area contributed by atoms with Gasteiger partial charge in [0.2, 0.25) is 0 Å². The highest BCUT2D eigenvalue weighted by Gasteiger charge is 2.15. The van der Waals surface area contributed by atoms with Crippen LogP contribution >= 0.6 is 0 Å². The minimum atomic E-state index is -0.322. The number of hydrogen-bond donors (Lipinski definition) is 2. The fourth-order valence-corrected chi connectivity index (χ4v) is 1.53. The lowest BCUT2D eigenvalue weighted by Crippen LogP contribution is -2.13. The minimum Gasteiger partial charge on any atom is -0.495 e. The number of carbonyl (C=O) groups is 1. The number of methoxy groups -OCH3 is 1. The molecule has 0 fully saturated rings. The van der Waals surface area contributed by atoms with Gasteiger partial charge in [-0.1, -0.05) is 5.16 Å². The molecule has 0 bridgehead atoms. The summed E-state index contributed by atoms with van der Waals surface area (Å²) >= 11 is 0. The lowest BCUT2D eigenvalue weighted by atomic mass is 10.2. The molecule has 3 N–H and O–H groups in total. The van der Waals surface area contributed by atoms with Gasteiger partial charge in [0.05, 0.1) is 19.0 Å². The van der Waals surface area contributed by atoms with E-state index in [-0.39, 0.29) is 5.91 Å². The van der Waals surface area contributed by atoms with Gasteiger partial charge in [0.15, 0.2) is 0 Å². The molecule has 94 valence electrons. The molecule has 0 aliphatic carbocycles. The van der Waals surface area contributed by atoms with Crippen molar-refractivity contribution in [3.05, 3.63) is 35.7 Å². The normalized spacial score (nSPS) is 10.1. The van der Waals surface area contributed by atoms with Gasteiger partial charge in [-0.3, -0.25) is 4.79 Å². The van der Waals surface area contributed by atoms with Crippen LogP contribution in [0, 0.1) is 6.92 Å². The molecule has 0 aliphatic heterocycles. The third-order valence-electron chi connectivity index (χ3n) is 2.47. The highest BCUT2D eigenvalue weighted by molar-refractivity contribution is 6.05. The summed E-state index contributed by atoms with van der Waals surface area (Å²) in [5, 5.41) is 6.25. The fourth-order valence-electron chi connectivity index (χ4n) is 1.53. The predicted octanol–water partition coefficient (Wildman–Crippen LogP) is 1.83. The van der Waals surface area contributed by atoms with Crippen molar-refractivity contribution in [3.63, 3.8) is 0 Å². The van der Waals surface area contributed by atoms with Gasteiger partial charge in [0.1, 0.15) is 17.1 Å². The number of carbonyl (C=O) groups excluding carboxylic acids is 1. The van der Waals surface area contributed by atoms with Crippen molar-refractivity contribution < 1.29 is 14.1 Å². The zero-order valence-corrected chi connectivity index (χ0v) is 10.1. The zero-order chi connectivity index (χ0) is 13.1. The summed E-state index contributed by atoms with van der Waals surface area (Å²) in [6, 6.07) is 5.00. The van der Waals surface area contributed by atoms with Crippen molar-refractivity contribution in [1.82, 2.24) is 5.16 Å². The van der Waals surface area contributed by atoms with E-state index < -0.39 is 0 Å². The van der Waals surface area contributed by atoms with Crippen LogP contribution in [0.1, 0.15) is 16.1 Å². The highest BCUT2D eigenvalue weighted by Crippen LogP contribution is 2.27. The molecule has 1 amide bonds. The van der Waals surface area contributed by atoms with Crippen LogP contribution in [0.2, 0.25) is 0 Å². The van der Waals surface area contributed by atoms with Crippen LogP contribution in [0.15, 0.2) is 28.9 Å².